The molecule has 24 heavy (non-hydrogen) atoms. The molecule has 7 heteroatoms. The van der Waals surface area contributed by atoms with Gasteiger partial charge in [0.2, 0.25) is 0 Å². The fraction of sp³-hybridized carbons (Fsp3) is 0.235. The Morgan fingerprint density at radius 2 is 1.96 bits per heavy atom. The molecule has 0 atom stereocenters. The predicted octanol–water partition coefficient (Wildman–Crippen LogP) is 2.72. The van der Waals surface area contributed by atoms with Gasteiger partial charge in [-0.25, -0.2) is 0 Å². The smallest absolute Gasteiger partial charge is 0.272 e. The third-order valence-electron chi connectivity index (χ3n) is 3.35. The molecule has 2 rings (SSSR count). The van der Waals surface area contributed by atoms with Crippen LogP contribution in [-0.4, -0.2) is 31.1 Å². The highest BCUT2D eigenvalue weighted by Crippen LogP contribution is 2.19. The maximum Gasteiger partial charge on any atom is 0.272 e. The summed E-state index contributed by atoms with van der Waals surface area (Å²) in [5, 5.41) is 13.5. The number of aryl methyl sites for hydroxylation is 1. The lowest BCUT2D eigenvalue weighted by Crippen LogP contribution is -2.28. The van der Waals surface area contributed by atoms with Crippen molar-refractivity contribution >= 4 is 11.6 Å². The molecule has 0 radical (unpaired) electrons. The highest BCUT2D eigenvalue weighted by Gasteiger charge is 2.13. The molecule has 2 aromatic carbocycles. The highest BCUT2D eigenvalue weighted by molar-refractivity contribution is 5.94. The zero-order valence-corrected chi connectivity index (χ0v) is 13.4. The molecule has 1 amide bonds. The van der Waals surface area contributed by atoms with E-state index in [4.69, 9.17) is 9.47 Å². The van der Waals surface area contributed by atoms with E-state index in [1.165, 1.54) is 18.2 Å². The second-order valence-electron chi connectivity index (χ2n) is 5.04. The maximum atomic E-state index is 12.0. The van der Waals surface area contributed by atoms with Gasteiger partial charge in [-0.1, -0.05) is 6.07 Å². The third-order valence-corrected chi connectivity index (χ3v) is 3.35. The minimum atomic E-state index is -0.473. The maximum absolute atomic E-state index is 12.0. The summed E-state index contributed by atoms with van der Waals surface area (Å²) < 4.78 is 10.6. The SMILES string of the molecule is COc1cccc(OCCNC(=O)c2ccc([N+](=O)[O-])c(C)c2)c1. The number of hydrogen-bond acceptors (Lipinski definition) is 5. The van der Waals surface area contributed by atoms with Crippen molar-refractivity contribution in [3.05, 3.63) is 63.7 Å². The molecule has 0 aliphatic heterocycles. The molecule has 0 aromatic heterocycles. The van der Waals surface area contributed by atoms with Crippen molar-refractivity contribution in [3.8, 4) is 11.5 Å². The van der Waals surface area contributed by atoms with Gasteiger partial charge in [0, 0.05) is 23.3 Å². The zero-order valence-electron chi connectivity index (χ0n) is 13.4. The number of nitro benzene ring substituents is 1. The number of nitro groups is 1. The highest BCUT2D eigenvalue weighted by atomic mass is 16.6. The first-order valence-electron chi connectivity index (χ1n) is 7.31. The lowest BCUT2D eigenvalue weighted by atomic mass is 10.1. The summed E-state index contributed by atoms with van der Waals surface area (Å²) in [4.78, 5) is 22.3. The topological polar surface area (TPSA) is 90.7 Å². The number of carbonyl (C=O) groups is 1. The van der Waals surface area contributed by atoms with Gasteiger partial charge in [-0.15, -0.1) is 0 Å². The monoisotopic (exact) mass is 330 g/mol. The van der Waals surface area contributed by atoms with Gasteiger partial charge in [0.25, 0.3) is 11.6 Å². The number of ether oxygens (including phenoxy) is 2. The van der Waals surface area contributed by atoms with Gasteiger partial charge in [-0.05, 0) is 31.2 Å². The van der Waals surface area contributed by atoms with Crippen LogP contribution in [0.5, 0.6) is 11.5 Å². The fourth-order valence-corrected chi connectivity index (χ4v) is 2.13. The van der Waals surface area contributed by atoms with Gasteiger partial charge < -0.3 is 14.8 Å². The summed E-state index contributed by atoms with van der Waals surface area (Å²) in [7, 11) is 1.57. The normalized spacial score (nSPS) is 10.1. The van der Waals surface area contributed by atoms with E-state index in [1.54, 1.807) is 26.2 Å². The predicted molar refractivity (Wildman–Crippen MR) is 88.7 cm³/mol. The number of amides is 1. The Labute approximate surface area is 139 Å². The van der Waals surface area contributed by atoms with Crippen LogP contribution in [0.2, 0.25) is 0 Å². The van der Waals surface area contributed by atoms with Crippen molar-refractivity contribution in [2.24, 2.45) is 0 Å². The lowest BCUT2D eigenvalue weighted by molar-refractivity contribution is -0.385. The average Bonchev–Trinajstić information content (AvgIpc) is 2.58. The van der Waals surface area contributed by atoms with Gasteiger partial charge in [-0.2, -0.15) is 0 Å². The molecular formula is C17H18N2O5. The zero-order chi connectivity index (χ0) is 17.5. The van der Waals surface area contributed by atoms with Crippen LogP contribution < -0.4 is 14.8 Å². The van der Waals surface area contributed by atoms with Gasteiger partial charge >= 0.3 is 0 Å². The first-order chi connectivity index (χ1) is 11.5. The van der Waals surface area contributed by atoms with Gasteiger partial charge in [0.15, 0.2) is 0 Å². The van der Waals surface area contributed by atoms with E-state index < -0.39 is 4.92 Å². The molecule has 1 N–H and O–H groups in total. The second kappa shape index (κ2) is 7.96. The van der Waals surface area contributed by atoms with Crippen molar-refractivity contribution in [3.63, 3.8) is 0 Å². The number of carbonyl (C=O) groups excluding carboxylic acids is 1. The van der Waals surface area contributed by atoms with Gasteiger partial charge in [-0.3, -0.25) is 14.9 Å². The molecule has 2 aromatic rings. The van der Waals surface area contributed by atoms with Crippen LogP contribution in [0, 0.1) is 17.0 Å². The molecular weight excluding hydrogens is 312 g/mol. The number of rotatable bonds is 7. The first kappa shape index (κ1) is 17.3. The van der Waals surface area contributed by atoms with E-state index in [2.05, 4.69) is 5.32 Å². The Hall–Kier alpha value is -3.09. The van der Waals surface area contributed by atoms with Crippen molar-refractivity contribution in [2.75, 3.05) is 20.3 Å². The van der Waals surface area contributed by atoms with E-state index in [-0.39, 0.29) is 11.6 Å². The van der Waals surface area contributed by atoms with E-state index in [1.807, 2.05) is 12.1 Å². The van der Waals surface area contributed by atoms with E-state index in [0.29, 0.717) is 35.8 Å². The van der Waals surface area contributed by atoms with Crippen molar-refractivity contribution < 1.29 is 19.2 Å². The second-order valence-corrected chi connectivity index (χ2v) is 5.04. The van der Waals surface area contributed by atoms with Crippen LogP contribution in [0.1, 0.15) is 15.9 Å². The number of methoxy groups -OCH3 is 1. The molecule has 0 heterocycles. The lowest BCUT2D eigenvalue weighted by Gasteiger charge is -2.09. The summed E-state index contributed by atoms with van der Waals surface area (Å²) in [6, 6.07) is 11.4. The first-order valence-corrected chi connectivity index (χ1v) is 7.31. The van der Waals surface area contributed by atoms with E-state index in [9.17, 15) is 14.9 Å². The summed E-state index contributed by atoms with van der Waals surface area (Å²) in [6.07, 6.45) is 0. The molecule has 0 unspecified atom stereocenters. The number of nitrogens with zero attached hydrogens (tertiary/aromatic N) is 1. The molecule has 0 aliphatic carbocycles. The van der Waals surface area contributed by atoms with Gasteiger partial charge in [0.1, 0.15) is 18.1 Å². The average molecular weight is 330 g/mol. The minimum absolute atomic E-state index is 0.00657. The molecule has 0 aliphatic rings. The van der Waals surface area contributed by atoms with Crippen LogP contribution >= 0.6 is 0 Å². The fourth-order valence-electron chi connectivity index (χ4n) is 2.13. The van der Waals surface area contributed by atoms with Crippen LogP contribution in [0.25, 0.3) is 0 Å². The molecule has 7 nitrogen and oxygen atoms in total. The van der Waals surface area contributed by atoms with Crippen LogP contribution in [0.15, 0.2) is 42.5 Å². The van der Waals surface area contributed by atoms with Crippen LogP contribution in [0.4, 0.5) is 5.69 Å². The summed E-state index contributed by atoms with van der Waals surface area (Å²) in [6.45, 7) is 2.21. The van der Waals surface area contributed by atoms with E-state index in [0.717, 1.165) is 0 Å². The van der Waals surface area contributed by atoms with Crippen molar-refractivity contribution in [2.45, 2.75) is 6.92 Å². The Morgan fingerprint density at radius 1 is 1.21 bits per heavy atom. The van der Waals surface area contributed by atoms with Crippen LogP contribution in [0.3, 0.4) is 0 Å². The molecule has 0 spiro atoms. The molecule has 0 saturated carbocycles. The number of benzene rings is 2. The summed E-state index contributed by atoms with van der Waals surface area (Å²) in [5.74, 6) is 1.04. The number of hydrogen-bond donors (Lipinski definition) is 1. The molecule has 0 saturated heterocycles. The Balaban J connectivity index is 1.85. The molecule has 126 valence electrons. The van der Waals surface area contributed by atoms with Crippen LogP contribution in [-0.2, 0) is 0 Å². The van der Waals surface area contributed by atoms with Crippen molar-refractivity contribution in [1.82, 2.24) is 5.32 Å². The summed E-state index contributed by atoms with van der Waals surface area (Å²) >= 11 is 0. The largest absolute Gasteiger partial charge is 0.497 e. The standard InChI is InChI=1S/C17H18N2O5/c1-12-10-13(6-7-16(12)19(21)22)17(20)18-8-9-24-15-5-3-4-14(11-15)23-2/h3-7,10-11H,8-9H2,1-2H3,(H,18,20). The summed E-state index contributed by atoms with van der Waals surface area (Å²) in [5.41, 5.74) is 0.813. The Kier molecular flexibility index (Phi) is 5.73. The molecule has 0 bridgehead atoms. The molecule has 0 fully saturated rings. The van der Waals surface area contributed by atoms with Gasteiger partial charge in [0.05, 0.1) is 18.6 Å². The Morgan fingerprint density at radius 3 is 2.62 bits per heavy atom. The quantitative estimate of drug-likeness (QED) is 0.479. The number of nitrogens with one attached hydrogen (secondary N) is 1. The third kappa shape index (κ3) is 4.45. The van der Waals surface area contributed by atoms with E-state index >= 15 is 0 Å². The Bertz CT molecular complexity index is 746. The van der Waals surface area contributed by atoms with Crippen molar-refractivity contribution in [1.29, 1.82) is 0 Å². The minimum Gasteiger partial charge on any atom is -0.497 e.